The molecule has 0 aliphatic rings. The SMILES string of the molecule is [N-]=[N+]=NCCCNC(=O)/C=C/c1ccccc1. The van der Waals surface area contributed by atoms with Gasteiger partial charge in [-0.25, -0.2) is 0 Å². The van der Waals surface area contributed by atoms with Crippen molar-refractivity contribution in [2.24, 2.45) is 5.11 Å². The van der Waals surface area contributed by atoms with Gasteiger partial charge in [-0.2, -0.15) is 0 Å². The van der Waals surface area contributed by atoms with Crippen LogP contribution in [0.3, 0.4) is 0 Å². The highest BCUT2D eigenvalue weighted by Gasteiger charge is 1.93. The quantitative estimate of drug-likeness (QED) is 0.263. The lowest BCUT2D eigenvalue weighted by Gasteiger charge is -1.99. The summed E-state index contributed by atoms with van der Waals surface area (Å²) in [5, 5.41) is 6.08. The van der Waals surface area contributed by atoms with E-state index in [1.807, 2.05) is 30.3 Å². The summed E-state index contributed by atoms with van der Waals surface area (Å²) in [6, 6.07) is 9.60. The predicted octanol–water partition coefficient (Wildman–Crippen LogP) is 2.52. The first-order valence-corrected chi connectivity index (χ1v) is 5.35. The number of rotatable bonds is 6. The van der Waals surface area contributed by atoms with Gasteiger partial charge in [-0.05, 0) is 23.6 Å². The molecule has 0 saturated carbocycles. The van der Waals surface area contributed by atoms with Gasteiger partial charge in [0.05, 0.1) is 0 Å². The fourth-order valence-corrected chi connectivity index (χ4v) is 1.20. The van der Waals surface area contributed by atoms with Gasteiger partial charge in [0, 0.05) is 24.1 Å². The molecule has 1 N–H and O–H groups in total. The third-order valence-corrected chi connectivity index (χ3v) is 2.02. The third kappa shape index (κ3) is 6.02. The fraction of sp³-hybridized carbons (Fsp3) is 0.250. The summed E-state index contributed by atoms with van der Waals surface area (Å²) >= 11 is 0. The fourth-order valence-electron chi connectivity index (χ4n) is 1.20. The summed E-state index contributed by atoms with van der Waals surface area (Å²) in [6.45, 7) is 0.913. The maximum Gasteiger partial charge on any atom is 0.243 e. The van der Waals surface area contributed by atoms with Crippen LogP contribution < -0.4 is 5.32 Å². The minimum absolute atomic E-state index is 0.144. The second kappa shape index (κ2) is 7.96. The van der Waals surface area contributed by atoms with E-state index in [9.17, 15) is 4.79 Å². The maximum atomic E-state index is 11.3. The van der Waals surface area contributed by atoms with Gasteiger partial charge in [-0.3, -0.25) is 4.79 Å². The van der Waals surface area contributed by atoms with E-state index in [1.54, 1.807) is 6.08 Å². The average Bonchev–Trinajstić information content (AvgIpc) is 2.37. The lowest BCUT2D eigenvalue weighted by molar-refractivity contribution is -0.116. The highest BCUT2D eigenvalue weighted by atomic mass is 16.1. The Hall–Kier alpha value is -2.26. The van der Waals surface area contributed by atoms with Gasteiger partial charge in [0.25, 0.3) is 0 Å². The van der Waals surface area contributed by atoms with Gasteiger partial charge in [-0.15, -0.1) is 0 Å². The van der Waals surface area contributed by atoms with Crippen molar-refractivity contribution in [3.8, 4) is 0 Å². The molecule has 0 saturated heterocycles. The van der Waals surface area contributed by atoms with Crippen LogP contribution in [0.1, 0.15) is 12.0 Å². The molecule has 0 radical (unpaired) electrons. The Kier molecular flexibility index (Phi) is 6.00. The molecule has 5 nitrogen and oxygen atoms in total. The molecule has 0 aliphatic heterocycles. The molecule has 0 spiro atoms. The number of nitrogens with one attached hydrogen (secondary N) is 1. The Morgan fingerprint density at radius 1 is 1.41 bits per heavy atom. The Morgan fingerprint density at radius 2 is 2.18 bits per heavy atom. The molecule has 0 aliphatic carbocycles. The van der Waals surface area contributed by atoms with Crippen molar-refractivity contribution < 1.29 is 4.79 Å². The highest BCUT2D eigenvalue weighted by Crippen LogP contribution is 2.00. The lowest BCUT2D eigenvalue weighted by atomic mass is 10.2. The minimum Gasteiger partial charge on any atom is -0.353 e. The number of benzene rings is 1. The summed E-state index contributed by atoms with van der Waals surface area (Å²) in [5.74, 6) is -0.144. The van der Waals surface area contributed by atoms with Crippen LogP contribution in [0.5, 0.6) is 0 Å². The van der Waals surface area contributed by atoms with Crippen molar-refractivity contribution in [2.45, 2.75) is 6.42 Å². The number of carbonyl (C=O) groups is 1. The van der Waals surface area contributed by atoms with Gasteiger partial charge >= 0.3 is 0 Å². The van der Waals surface area contributed by atoms with Crippen LogP contribution in [0.4, 0.5) is 0 Å². The molecule has 1 aromatic carbocycles. The molecule has 5 heteroatoms. The number of hydrogen-bond donors (Lipinski definition) is 1. The molecule has 0 bridgehead atoms. The summed E-state index contributed by atoms with van der Waals surface area (Å²) < 4.78 is 0. The van der Waals surface area contributed by atoms with Crippen LogP contribution in [0.15, 0.2) is 41.5 Å². The van der Waals surface area contributed by atoms with E-state index in [2.05, 4.69) is 15.3 Å². The van der Waals surface area contributed by atoms with Crippen molar-refractivity contribution in [1.82, 2.24) is 5.32 Å². The number of nitrogens with zero attached hydrogens (tertiary/aromatic N) is 3. The minimum atomic E-state index is -0.144. The van der Waals surface area contributed by atoms with E-state index in [1.165, 1.54) is 6.08 Å². The van der Waals surface area contributed by atoms with Crippen molar-refractivity contribution in [2.75, 3.05) is 13.1 Å². The summed E-state index contributed by atoms with van der Waals surface area (Å²) in [7, 11) is 0. The topological polar surface area (TPSA) is 77.9 Å². The molecular weight excluding hydrogens is 216 g/mol. The maximum absolute atomic E-state index is 11.3. The highest BCUT2D eigenvalue weighted by molar-refractivity contribution is 5.91. The zero-order valence-corrected chi connectivity index (χ0v) is 9.41. The van der Waals surface area contributed by atoms with E-state index in [0.29, 0.717) is 19.5 Å². The first kappa shape index (κ1) is 12.8. The van der Waals surface area contributed by atoms with Gasteiger partial charge in [0.15, 0.2) is 0 Å². The van der Waals surface area contributed by atoms with Crippen molar-refractivity contribution in [3.05, 3.63) is 52.4 Å². The Labute approximate surface area is 99.8 Å². The van der Waals surface area contributed by atoms with Crippen LogP contribution in [-0.2, 0) is 4.79 Å². The molecule has 0 fully saturated rings. The zero-order valence-electron chi connectivity index (χ0n) is 9.41. The molecular formula is C12H14N4O. The lowest BCUT2D eigenvalue weighted by Crippen LogP contribution is -2.22. The Bertz CT molecular complexity index is 421. The van der Waals surface area contributed by atoms with Crippen molar-refractivity contribution in [3.63, 3.8) is 0 Å². The van der Waals surface area contributed by atoms with Gasteiger partial charge in [-0.1, -0.05) is 35.4 Å². The number of carbonyl (C=O) groups excluding carboxylic acids is 1. The van der Waals surface area contributed by atoms with Crippen LogP contribution in [0, 0.1) is 0 Å². The number of amides is 1. The normalized spacial score (nSPS) is 9.88. The first-order valence-electron chi connectivity index (χ1n) is 5.35. The third-order valence-electron chi connectivity index (χ3n) is 2.02. The second-order valence-corrected chi connectivity index (χ2v) is 3.34. The summed E-state index contributed by atoms with van der Waals surface area (Å²) in [4.78, 5) is 14.0. The predicted molar refractivity (Wildman–Crippen MR) is 67.1 cm³/mol. The van der Waals surface area contributed by atoms with Crippen LogP contribution in [0.25, 0.3) is 16.5 Å². The molecule has 1 amide bonds. The number of hydrogen-bond acceptors (Lipinski definition) is 2. The Balaban J connectivity index is 2.25. The van der Waals surface area contributed by atoms with E-state index in [-0.39, 0.29) is 5.91 Å². The van der Waals surface area contributed by atoms with E-state index >= 15 is 0 Å². The molecule has 17 heavy (non-hydrogen) atoms. The van der Waals surface area contributed by atoms with E-state index in [0.717, 1.165) is 5.56 Å². The molecule has 0 heterocycles. The molecule has 0 atom stereocenters. The summed E-state index contributed by atoms with van der Waals surface area (Å²) in [6.07, 6.45) is 3.89. The zero-order chi connectivity index (χ0) is 12.3. The van der Waals surface area contributed by atoms with Crippen molar-refractivity contribution in [1.29, 1.82) is 0 Å². The van der Waals surface area contributed by atoms with E-state index < -0.39 is 0 Å². The molecule has 0 aromatic heterocycles. The van der Waals surface area contributed by atoms with Crippen LogP contribution in [0.2, 0.25) is 0 Å². The monoisotopic (exact) mass is 230 g/mol. The second-order valence-electron chi connectivity index (χ2n) is 3.34. The summed E-state index contributed by atoms with van der Waals surface area (Å²) in [5.41, 5.74) is 9.03. The van der Waals surface area contributed by atoms with E-state index in [4.69, 9.17) is 5.53 Å². The molecule has 1 rings (SSSR count). The largest absolute Gasteiger partial charge is 0.353 e. The van der Waals surface area contributed by atoms with Crippen molar-refractivity contribution >= 4 is 12.0 Å². The average molecular weight is 230 g/mol. The van der Waals surface area contributed by atoms with Gasteiger partial charge < -0.3 is 5.32 Å². The standard InChI is InChI=1S/C12H14N4O/c13-16-15-10-4-9-14-12(17)8-7-11-5-2-1-3-6-11/h1-3,5-8H,4,9-10H2,(H,14,17)/b8-7+. The van der Waals surface area contributed by atoms with Gasteiger partial charge in [0.2, 0.25) is 5.91 Å². The Morgan fingerprint density at radius 3 is 2.88 bits per heavy atom. The molecule has 88 valence electrons. The van der Waals surface area contributed by atoms with Crippen LogP contribution >= 0.6 is 0 Å². The first-order chi connectivity index (χ1) is 8.33. The van der Waals surface area contributed by atoms with Gasteiger partial charge in [0.1, 0.15) is 0 Å². The molecule has 0 unspecified atom stereocenters. The smallest absolute Gasteiger partial charge is 0.243 e. The molecule has 1 aromatic rings. The number of azide groups is 1. The van der Waals surface area contributed by atoms with Crippen LogP contribution in [-0.4, -0.2) is 19.0 Å².